The fraction of sp³-hybridized carbons (Fsp3) is 0.167. The van der Waals surface area contributed by atoms with Crippen LogP contribution in [0.2, 0.25) is 5.02 Å². The van der Waals surface area contributed by atoms with Gasteiger partial charge < -0.3 is 11.1 Å². The molecule has 0 saturated carbocycles. The molecule has 0 saturated heterocycles. The van der Waals surface area contributed by atoms with Crippen molar-refractivity contribution < 1.29 is 4.79 Å². The molecule has 1 heterocycles. The average Bonchev–Trinajstić information content (AvgIpc) is 2.65. The van der Waals surface area contributed by atoms with E-state index in [1.54, 1.807) is 36.0 Å². The largest absolute Gasteiger partial charge is 0.398 e. The summed E-state index contributed by atoms with van der Waals surface area (Å²) in [6.07, 6.45) is 0. The number of benzene rings is 1. The third-order valence-electron chi connectivity index (χ3n) is 2.60. The summed E-state index contributed by atoms with van der Waals surface area (Å²) in [6, 6.07) is 6.65. The van der Waals surface area contributed by atoms with Crippen molar-refractivity contribution in [3.8, 4) is 0 Å². The van der Waals surface area contributed by atoms with E-state index in [1.807, 2.05) is 6.92 Å². The van der Waals surface area contributed by atoms with E-state index < -0.39 is 0 Å². The van der Waals surface area contributed by atoms with Gasteiger partial charge in [0.2, 0.25) is 0 Å². The molecule has 0 atom stereocenters. The zero-order valence-electron chi connectivity index (χ0n) is 10.1. The first-order valence-corrected chi connectivity index (χ1v) is 5.72. The number of anilines is 2. The van der Waals surface area contributed by atoms with Crippen molar-refractivity contribution in [3.05, 3.63) is 40.7 Å². The predicted molar refractivity (Wildman–Crippen MR) is 71.8 cm³/mol. The lowest BCUT2D eigenvalue weighted by atomic mass is 10.2. The molecule has 0 bridgehead atoms. The SMILES string of the molecule is Cc1cc(C(=O)Nc2ccc(N)c(Cl)c2)nn1C. The van der Waals surface area contributed by atoms with Gasteiger partial charge >= 0.3 is 0 Å². The van der Waals surface area contributed by atoms with E-state index in [2.05, 4.69) is 10.4 Å². The number of nitrogen functional groups attached to an aromatic ring is 1. The zero-order valence-corrected chi connectivity index (χ0v) is 10.8. The minimum absolute atomic E-state index is 0.278. The molecule has 1 aromatic carbocycles. The van der Waals surface area contributed by atoms with Crippen LogP contribution in [-0.2, 0) is 7.05 Å². The highest BCUT2D eigenvalue weighted by atomic mass is 35.5. The van der Waals surface area contributed by atoms with Crippen LogP contribution in [-0.4, -0.2) is 15.7 Å². The van der Waals surface area contributed by atoms with Gasteiger partial charge in [-0.25, -0.2) is 0 Å². The summed E-state index contributed by atoms with van der Waals surface area (Å²) in [4.78, 5) is 11.9. The first kappa shape index (κ1) is 12.4. The lowest BCUT2D eigenvalue weighted by Crippen LogP contribution is -2.13. The fourth-order valence-corrected chi connectivity index (χ4v) is 1.65. The Bertz CT molecular complexity index is 587. The Hall–Kier alpha value is -2.01. The molecule has 2 aromatic rings. The van der Waals surface area contributed by atoms with Crippen LogP contribution in [0.4, 0.5) is 11.4 Å². The summed E-state index contributed by atoms with van der Waals surface area (Å²) in [7, 11) is 1.78. The summed E-state index contributed by atoms with van der Waals surface area (Å²) in [5.74, 6) is -0.278. The third-order valence-corrected chi connectivity index (χ3v) is 2.93. The molecule has 18 heavy (non-hydrogen) atoms. The summed E-state index contributed by atoms with van der Waals surface area (Å²) < 4.78 is 1.64. The van der Waals surface area contributed by atoms with Gasteiger partial charge in [-0.2, -0.15) is 5.10 Å². The monoisotopic (exact) mass is 264 g/mol. The molecule has 94 valence electrons. The standard InChI is InChI=1S/C12H13ClN4O/c1-7-5-11(16-17(7)2)12(18)15-8-3-4-10(14)9(13)6-8/h3-6H,14H2,1-2H3,(H,15,18). The number of nitrogens with zero attached hydrogens (tertiary/aromatic N) is 2. The van der Waals surface area contributed by atoms with Gasteiger partial charge in [-0.3, -0.25) is 9.48 Å². The Labute approximate surface area is 110 Å². The Morgan fingerprint density at radius 2 is 2.17 bits per heavy atom. The maximum Gasteiger partial charge on any atom is 0.276 e. The molecule has 2 rings (SSSR count). The molecule has 0 aliphatic carbocycles. The maximum absolute atomic E-state index is 11.9. The Balaban J connectivity index is 2.18. The first-order valence-electron chi connectivity index (χ1n) is 5.34. The number of carbonyl (C=O) groups is 1. The molecule has 0 aliphatic rings. The van der Waals surface area contributed by atoms with E-state index in [0.717, 1.165) is 5.69 Å². The fourth-order valence-electron chi connectivity index (χ4n) is 1.47. The quantitative estimate of drug-likeness (QED) is 0.817. The molecule has 0 fully saturated rings. The number of hydrogen-bond acceptors (Lipinski definition) is 3. The number of nitrogens with two attached hydrogens (primary N) is 1. The number of halogens is 1. The molecule has 0 aliphatic heterocycles. The second kappa shape index (κ2) is 4.70. The number of carbonyl (C=O) groups excluding carboxylic acids is 1. The summed E-state index contributed by atoms with van der Waals surface area (Å²) in [6.45, 7) is 1.88. The van der Waals surface area contributed by atoms with E-state index in [1.165, 1.54) is 0 Å². The highest BCUT2D eigenvalue weighted by Gasteiger charge is 2.11. The number of amides is 1. The van der Waals surface area contributed by atoms with Gasteiger partial charge in [0.25, 0.3) is 5.91 Å². The van der Waals surface area contributed by atoms with Crippen LogP contribution in [0.3, 0.4) is 0 Å². The molecule has 0 unspecified atom stereocenters. The van der Waals surface area contributed by atoms with Crippen LogP contribution in [0, 0.1) is 6.92 Å². The van der Waals surface area contributed by atoms with Gasteiger partial charge in [0.1, 0.15) is 0 Å². The normalized spacial score (nSPS) is 10.4. The molecular weight excluding hydrogens is 252 g/mol. The van der Waals surface area contributed by atoms with Crippen molar-refractivity contribution in [1.29, 1.82) is 0 Å². The molecule has 1 amide bonds. The van der Waals surface area contributed by atoms with Gasteiger partial charge in [-0.05, 0) is 31.2 Å². The van der Waals surface area contributed by atoms with Crippen LogP contribution in [0.5, 0.6) is 0 Å². The lowest BCUT2D eigenvalue weighted by Gasteiger charge is -2.04. The number of aryl methyl sites for hydroxylation is 2. The summed E-state index contributed by atoms with van der Waals surface area (Å²) in [5.41, 5.74) is 7.93. The molecular formula is C12H13ClN4O. The van der Waals surface area contributed by atoms with Gasteiger partial charge in [-0.15, -0.1) is 0 Å². The minimum Gasteiger partial charge on any atom is -0.398 e. The highest BCUT2D eigenvalue weighted by molar-refractivity contribution is 6.33. The molecule has 0 radical (unpaired) electrons. The summed E-state index contributed by atoms with van der Waals surface area (Å²) >= 11 is 5.88. The highest BCUT2D eigenvalue weighted by Crippen LogP contribution is 2.22. The molecule has 3 N–H and O–H groups in total. The van der Waals surface area contributed by atoms with Crippen molar-refractivity contribution in [2.24, 2.45) is 7.05 Å². The smallest absolute Gasteiger partial charge is 0.276 e. The minimum atomic E-state index is -0.278. The van der Waals surface area contributed by atoms with Crippen molar-refractivity contribution in [3.63, 3.8) is 0 Å². The molecule has 6 heteroatoms. The van der Waals surface area contributed by atoms with E-state index in [9.17, 15) is 4.79 Å². The van der Waals surface area contributed by atoms with Gasteiger partial charge in [0, 0.05) is 18.4 Å². The Morgan fingerprint density at radius 1 is 1.44 bits per heavy atom. The number of hydrogen-bond donors (Lipinski definition) is 2. The predicted octanol–water partition coefficient (Wildman–Crippen LogP) is 2.22. The van der Waals surface area contributed by atoms with Crippen LogP contribution >= 0.6 is 11.6 Å². The second-order valence-electron chi connectivity index (χ2n) is 3.98. The maximum atomic E-state index is 11.9. The van der Waals surface area contributed by atoms with Gasteiger partial charge in [0.05, 0.1) is 10.7 Å². The second-order valence-corrected chi connectivity index (χ2v) is 4.39. The van der Waals surface area contributed by atoms with E-state index in [0.29, 0.717) is 22.1 Å². The van der Waals surface area contributed by atoms with Crippen LogP contribution in [0.1, 0.15) is 16.2 Å². The Kier molecular flexibility index (Phi) is 3.25. The lowest BCUT2D eigenvalue weighted by molar-refractivity contribution is 0.102. The number of rotatable bonds is 2. The first-order chi connectivity index (χ1) is 8.47. The number of nitrogens with one attached hydrogen (secondary N) is 1. The van der Waals surface area contributed by atoms with Gasteiger partial charge in [-0.1, -0.05) is 11.6 Å². The van der Waals surface area contributed by atoms with Crippen LogP contribution < -0.4 is 11.1 Å². The van der Waals surface area contributed by atoms with E-state index >= 15 is 0 Å². The third kappa shape index (κ3) is 2.46. The van der Waals surface area contributed by atoms with Gasteiger partial charge in [0.15, 0.2) is 5.69 Å². The molecule has 5 nitrogen and oxygen atoms in total. The summed E-state index contributed by atoms with van der Waals surface area (Å²) in [5, 5.41) is 7.21. The van der Waals surface area contributed by atoms with Crippen molar-refractivity contribution in [2.75, 3.05) is 11.1 Å². The van der Waals surface area contributed by atoms with Crippen molar-refractivity contribution >= 4 is 28.9 Å². The van der Waals surface area contributed by atoms with E-state index in [-0.39, 0.29) is 5.91 Å². The van der Waals surface area contributed by atoms with Crippen molar-refractivity contribution in [1.82, 2.24) is 9.78 Å². The Morgan fingerprint density at radius 3 is 2.72 bits per heavy atom. The van der Waals surface area contributed by atoms with Crippen LogP contribution in [0.15, 0.2) is 24.3 Å². The van der Waals surface area contributed by atoms with Crippen LogP contribution in [0.25, 0.3) is 0 Å². The molecule has 1 aromatic heterocycles. The van der Waals surface area contributed by atoms with Crippen molar-refractivity contribution in [2.45, 2.75) is 6.92 Å². The topological polar surface area (TPSA) is 72.9 Å². The number of aromatic nitrogens is 2. The van der Waals surface area contributed by atoms with E-state index in [4.69, 9.17) is 17.3 Å². The molecule has 0 spiro atoms. The zero-order chi connectivity index (χ0) is 13.3. The average molecular weight is 265 g/mol.